The van der Waals surface area contributed by atoms with Gasteiger partial charge in [-0.3, -0.25) is 9.36 Å². The lowest BCUT2D eigenvalue weighted by Crippen LogP contribution is -2.46. The lowest BCUT2D eigenvalue weighted by atomic mass is 9.78. The fourth-order valence-corrected chi connectivity index (χ4v) is 5.40. The van der Waals surface area contributed by atoms with Crippen molar-refractivity contribution in [2.45, 2.75) is 129 Å². The summed E-state index contributed by atoms with van der Waals surface area (Å²) < 4.78 is 16.4. The predicted molar refractivity (Wildman–Crippen MR) is 146 cm³/mol. The van der Waals surface area contributed by atoms with Crippen LogP contribution in [0.3, 0.4) is 0 Å². The van der Waals surface area contributed by atoms with Gasteiger partial charge < -0.3 is 9.47 Å². The highest BCUT2D eigenvalue weighted by molar-refractivity contribution is 5.25. The molecule has 36 heavy (non-hydrogen) atoms. The third-order valence-electron chi connectivity index (χ3n) is 7.93. The third-order valence-corrected chi connectivity index (χ3v) is 7.93. The van der Waals surface area contributed by atoms with E-state index in [1.54, 1.807) is 0 Å². The maximum atomic E-state index is 6.18. The van der Waals surface area contributed by atoms with Gasteiger partial charge in [-0.25, -0.2) is 0 Å². The molecule has 202 valence electrons. The van der Waals surface area contributed by atoms with Crippen LogP contribution in [0.5, 0.6) is 0 Å². The van der Waals surface area contributed by atoms with Crippen molar-refractivity contribution in [1.29, 1.82) is 0 Å². The molecule has 0 aromatic carbocycles. The van der Waals surface area contributed by atoms with Crippen molar-refractivity contribution in [3.63, 3.8) is 0 Å². The number of aromatic nitrogens is 4. The molecule has 2 aliphatic rings. The minimum Gasteiger partial charge on any atom is -0.379 e. The molecule has 6 heteroatoms. The summed E-state index contributed by atoms with van der Waals surface area (Å²) in [4.78, 5) is 0. The highest BCUT2D eigenvalue weighted by Gasteiger charge is 2.40. The summed E-state index contributed by atoms with van der Waals surface area (Å²) in [5.41, 5.74) is 4.98. The molecule has 2 fully saturated rings. The largest absolute Gasteiger partial charge is 0.379 e. The molecule has 3 unspecified atom stereocenters. The maximum absolute atomic E-state index is 6.18. The molecule has 6 nitrogen and oxygen atoms in total. The van der Waals surface area contributed by atoms with Gasteiger partial charge >= 0.3 is 0 Å². The van der Waals surface area contributed by atoms with Crippen LogP contribution in [0.15, 0.2) is 12.1 Å². The average molecular weight is 499 g/mol. The smallest absolute Gasteiger partial charge is 0.0778 e. The van der Waals surface area contributed by atoms with Gasteiger partial charge in [-0.05, 0) is 25.0 Å². The quantitative estimate of drug-likeness (QED) is 0.468. The molecule has 2 aliphatic heterocycles. The monoisotopic (exact) mass is 498 g/mol. The van der Waals surface area contributed by atoms with Crippen LogP contribution in [0.2, 0.25) is 0 Å². The molecule has 2 aromatic heterocycles. The van der Waals surface area contributed by atoms with Crippen molar-refractivity contribution in [2.24, 2.45) is 5.92 Å². The zero-order valence-corrected chi connectivity index (χ0v) is 24.7. The van der Waals surface area contributed by atoms with Crippen molar-refractivity contribution >= 4 is 0 Å². The van der Waals surface area contributed by atoms with Crippen molar-refractivity contribution in [3.05, 3.63) is 34.9 Å². The van der Waals surface area contributed by atoms with Gasteiger partial charge in [0.1, 0.15) is 0 Å². The number of ether oxygens (including phenoxy) is 2. The third kappa shape index (κ3) is 5.60. The molecule has 0 amide bonds. The zero-order chi connectivity index (χ0) is 26.7. The van der Waals surface area contributed by atoms with E-state index in [2.05, 4.69) is 97.7 Å². The number of rotatable bonds is 6. The van der Waals surface area contributed by atoms with Crippen LogP contribution >= 0.6 is 0 Å². The zero-order valence-electron chi connectivity index (χ0n) is 24.7. The molecule has 4 rings (SSSR count). The van der Waals surface area contributed by atoms with E-state index in [0.29, 0.717) is 12.0 Å². The molecule has 3 atom stereocenters. The van der Waals surface area contributed by atoms with Crippen molar-refractivity contribution in [3.8, 4) is 0 Å². The summed E-state index contributed by atoms with van der Waals surface area (Å²) in [6.07, 6.45) is 2.21. The molecule has 0 bridgehead atoms. The Morgan fingerprint density at radius 1 is 0.806 bits per heavy atom. The Balaban J connectivity index is 1.53. The SMILES string of the molecule is CC(C)(C)c1cc(C(C)(C)C)n(CC2COC2CC(C)(C)c2cc(C(C)(C)C)n(C3CCOC3)n2)n1. The van der Waals surface area contributed by atoms with Crippen LogP contribution in [0.25, 0.3) is 0 Å². The van der Waals surface area contributed by atoms with E-state index in [4.69, 9.17) is 19.7 Å². The second kappa shape index (κ2) is 9.27. The molecule has 0 saturated carbocycles. The Kier molecular flexibility index (Phi) is 7.05. The van der Waals surface area contributed by atoms with Crippen molar-refractivity contribution in [2.75, 3.05) is 19.8 Å². The highest BCUT2D eigenvalue weighted by Crippen LogP contribution is 2.39. The summed E-state index contributed by atoms with van der Waals surface area (Å²) in [5, 5.41) is 10.3. The standard InChI is InChI=1S/C30H50N4O2/c1-27(2,3)23-14-25(28(4,5)6)33(31-23)17-20-18-36-22(20)16-30(10,11)24-15-26(29(7,8)9)34(32-24)21-12-13-35-19-21/h14-15,20-22H,12-13,16-19H2,1-11H3. The van der Waals surface area contributed by atoms with Crippen molar-refractivity contribution in [1.82, 2.24) is 19.6 Å². The summed E-state index contributed by atoms with van der Waals surface area (Å²) in [6.45, 7) is 28.3. The minimum atomic E-state index is -0.0818. The van der Waals surface area contributed by atoms with Gasteiger partial charge in [0.2, 0.25) is 0 Å². The Morgan fingerprint density at radius 2 is 1.44 bits per heavy atom. The predicted octanol–water partition coefficient (Wildman–Crippen LogP) is 6.32. The van der Waals surface area contributed by atoms with Crippen LogP contribution in [0, 0.1) is 5.92 Å². The van der Waals surface area contributed by atoms with E-state index in [-0.39, 0.29) is 27.8 Å². The molecule has 2 aromatic rings. The normalized spacial score (nSPS) is 23.8. The van der Waals surface area contributed by atoms with E-state index < -0.39 is 0 Å². The van der Waals surface area contributed by atoms with Gasteiger partial charge in [0.25, 0.3) is 0 Å². The number of nitrogens with zero attached hydrogens (tertiary/aromatic N) is 4. The fourth-order valence-electron chi connectivity index (χ4n) is 5.40. The van der Waals surface area contributed by atoms with Crippen LogP contribution in [-0.2, 0) is 37.7 Å². The molecular formula is C30H50N4O2. The molecule has 0 aliphatic carbocycles. The first-order valence-electron chi connectivity index (χ1n) is 13.9. The topological polar surface area (TPSA) is 54.1 Å². The van der Waals surface area contributed by atoms with Crippen molar-refractivity contribution < 1.29 is 9.47 Å². The van der Waals surface area contributed by atoms with Gasteiger partial charge in [0.15, 0.2) is 0 Å². The molecule has 4 heterocycles. The van der Waals surface area contributed by atoms with Crippen LogP contribution in [0.4, 0.5) is 0 Å². The lowest BCUT2D eigenvalue weighted by molar-refractivity contribution is -0.132. The molecule has 0 N–H and O–H groups in total. The van der Waals surface area contributed by atoms with Gasteiger partial charge in [-0.2, -0.15) is 10.2 Å². The van der Waals surface area contributed by atoms with Gasteiger partial charge in [-0.15, -0.1) is 0 Å². The van der Waals surface area contributed by atoms with Gasteiger partial charge in [0, 0.05) is 52.1 Å². The average Bonchev–Trinajstić information content (AvgIpc) is 3.46. The second-order valence-electron chi connectivity index (χ2n) is 14.9. The Bertz CT molecular complexity index is 1050. The Labute approximate surface area is 219 Å². The molecular weight excluding hydrogens is 448 g/mol. The summed E-state index contributed by atoms with van der Waals surface area (Å²) in [7, 11) is 0. The first-order chi connectivity index (χ1) is 16.5. The second-order valence-corrected chi connectivity index (χ2v) is 14.9. The summed E-state index contributed by atoms with van der Waals surface area (Å²) >= 11 is 0. The lowest BCUT2D eigenvalue weighted by Gasteiger charge is -2.41. The highest BCUT2D eigenvalue weighted by atomic mass is 16.5. The van der Waals surface area contributed by atoms with E-state index in [0.717, 1.165) is 44.9 Å². The Hall–Kier alpha value is -1.66. The minimum absolute atomic E-state index is 0.0354. The maximum Gasteiger partial charge on any atom is 0.0778 e. The first kappa shape index (κ1) is 27.4. The summed E-state index contributed by atoms with van der Waals surface area (Å²) in [5.74, 6) is 0.463. The molecule has 2 saturated heterocycles. The van der Waals surface area contributed by atoms with Crippen LogP contribution in [0.1, 0.15) is 118 Å². The van der Waals surface area contributed by atoms with Gasteiger partial charge in [0.05, 0.1) is 36.7 Å². The number of hydrogen-bond acceptors (Lipinski definition) is 4. The van der Waals surface area contributed by atoms with E-state index in [1.807, 2.05) is 0 Å². The summed E-state index contributed by atoms with van der Waals surface area (Å²) in [6, 6.07) is 4.99. The first-order valence-corrected chi connectivity index (χ1v) is 13.9. The van der Waals surface area contributed by atoms with Crippen LogP contribution in [-0.4, -0.2) is 45.5 Å². The van der Waals surface area contributed by atoms with Gasteiger partial charge in [-0.1, -0.05) is 76.2 Å². The Morgan fingerprint density at radius 3 is 1.94 bits per heavy atom. The fraction of sp³-hybridized carbons (Fsp3) is 0.800. The molecule has 0 spiro atoms. The number of hydrogen-bond donors (Lipinski definition) is 0. The van der Waals surface area contributed by atoms with E-state index >= 15 is 0 Å². The van der Waals surface area contributed by atoms with E-state index in [1.165, 1.54) is 17.1 Å². The van der Waals surface area contributed by atoms with Crippen LogP contribution < -0.4 is 0 Å². The molecule has 0 radical (unpaired) electrons. The van der Waals surface area contributed by atoms with E-state index in [9.17, 15) is 0 Å².